The van der Waals surface area contributed by atoms with Gasteiger partial charge in [0.25, 0.3) is 0 Å². The normalized spacial score (nSPS) is 31.2. The van der Waals surface area contributed by atoms with Gasteiger partial charge in [-0.05, 0) is 43.2 Å². The number of fused-ring (bicyclic) bond motifs is 1. The van der Waals surface area contributed by atoms with Crippen LogP contribution in [-0.4, -0.2) is 28.7 Å². The van der Waals surface area contributed by atoms with Gasteiger partial charge >= 0.3 is 0 Å². The second-order valence-corrected chi connectivity index (χ2v) is 7.17. The number of hydrogen-bond donors (Lipinski definition) is 1. The van der Waals surface area contributed by atoms with Gasteiger partial charge in [-0.1, -0.05) is 37.3 Å². The molecule has 1 saturated heterocycles. The third kappa shape index (κ3) is 2.49. The van der Waals surface area contributed by atoms with Crippen LogP contribution in [0.4, 0.5) is 5.69 Å². The second kappa shape index (κ2) is 6.14. The summed E-state index contributed by atoms with van der Waals surface area (Å²) in [5.74, 6) is -0.871. The maximum Gasteiger partial charge on any atom is 0.247 e. The summed E-state index contributed by atoms with van der Waals surface area (Å²) in [5, 5.41) is 2.83. The number of carbonyl (C=O) groups excluding carboxylic acids is 3. The summed E-state index contributed by atoms with van der Waals surface area (Å²) in [4.78, 5) is 40.0. The molecule has 2 fully saturated rings. The minimum Gasteiger partial charge on any atom is -0.324 e. The molecule has 0 radical (unpaired) electrons. The summed E-state index contributed by atoms with van der Waals surface area (Å²) in [5.41, 5.74) is 0.671. The van der Waals surface area contributed by atoms with E-state index >= 15 is 0 Å². The molecule has 0 aromatic heterocycles. The maximum atomic E-state index is 13.0. The van der Waals surface area contributed by atoms with E-state index in [2.05, 4.69) is 17.5 Å². The van der Waals surface area contributed by atoms with Gasteiger partial charge in [0.15, 0.2) is 0 Å². The standard InChI is InChI=1S/C20H22N2O3/c1-2-15(18(23)21-14-6-4-3-5-7-14)22-19(24)16-12-8-9-13(11-10-12)17(16)20(22)25/h3-9,12-13,15-17H,2,10-11H2,1H3,(H,21,23)/t12-,13-,15+,16+,17+/m0/s1. The zero-order chi connectivity index (χ0) is 17.6. The van der Waals surface area contributed by atoms with E-state index in [-0.39, 0.29) is 41.4 Å². The second-order valence-electron chi connectivity index (χ2n) is 7.17. The molecule has 5 heteroatoms. The molecule has 4 aliphatic rings. The number of rotatable bonds is 4. The zero-order valence-corrected chi connectivity index (χ0v) is 14.2. The molecule has 1 heterocycles. The lowest BCUT2D eigenvalue weighted by Gasteiger charge is -2.38. The van der Waals surface area contributed by atoms with Gasteiger partial charge in [-0.3, -0.25) is 19.3 Å². The van der Waals surface area contributed by atoms with Gasteiger partial charge in [-0.2, -0.15) is 0 Å². The number of benzene rings is 1. The molecule has 1 N–H and O–H groups in total. The molecule has 1 aliphatic heterocycles. The van der Waals surface area contributed by atoms with Gasteiger partial charge in [-0.15, -0.1) is 0 Å². The Balaban J connectivity index is 1.58. The lowest BCUT2D eigenvalue weighted by atomic mass is 9.63. The first-order chi connectivity index (χ1) is 12.1. The van der Waals surface area contributed by atoms with Crippen LogP contribution in [0.15, 0.2) is 42.5 Å². The predicted octanol–water partition coefficient (Wildman–Crippen LogP) is 2.60. The molecule has 3 amide bonds. The number of likely N-dealkylation sites (tertiary alicyclic amines) is 1. The van der Waals surface area contributed by atoms with Crippen molar-refractivity contribution in [2.24, 2.45) is 23.7 Å². The molecule has 5 nitrogen and oxygen atoms in total. The molecule has 5 atom stereocenters. The fourth-order valence-electron chi connectivity index (χ4n) is 4.64. The van der Waals surface area contributed by atoms with Gasteiger partial charge < -0.3 is 5.32 Å². The van der Waals surface area contributed by atoms with Crippen LogP contribution < -0.4 is 5.32 Å². The van der Waals surface area contributed by atoms with Crippen LogP contribution in [0.3, 0.4) is 0 Å². The highest BCUT2D eigenvalue weighted by Gasteiger charge is 2.58. The Morgan fingerprint density at radius 1 is 1.08 bits per heavy atom. The minimum absolute atomic E-state index is 0.145. The maximum absolute atomic E-state index is 13.0. The number of amides is 3. The van der Waals surface area contributed by atoms with Crippen molar-refractivity contribution in [1.82, 2.24) is 4.90 Å². The zero-order valence-electron chi connectivity index (χ0n) is 14.2. The van der Waals surface area contributed by atoms with Crippen molar-refractivity contribution >= 4 is 23.4 Å². The Morgan fingerprint density at radius 2 is 1.64 bits per heavy atom. The Labute approximate surface area is 147 Å². The van der Waals surface area contributed by atoms with Crippen molar-refractivity contribution in [2.75, 3.05) is 5.32 Å². The van der Waals surface area contributed by atoms with Gasteiger partial charge in [0, 0.05) is 5.69 Å². The van der Waals surface area contributed by atoms with Gasteiger partial charge in [0.1, 0.15) is 6.04 Å². The molecule has 0 unspecified atom stereocenters. The smallest absolute Gasteiger partial charge is 0.247 e. The van der Waals surface area contributed by atoms with Crippen molar-refractivity contribution in [3.05, 3.63) is 42.5 Å². The quantitative estimate of drug-likeness (QED) is 0.678. The van der Waals surface area contributed by atoms with Crippen LogP contribution in [0.1, 0.15) is 26.2 Å². The van der Waals surface area contributed by atoms with E-state index in [1.807, 2.05) is 25.1 Å². The van der Waals surface area contributed by atoms with E-state index in [0.29, 0.717) is 12.1 Å². The largest absolute Gasteiger partial charge is 0.324 e. The first-order valence-corrected chi connectivity index (χ1v) is 9.03. The number of allylic oxidation sites excluding steroid dienone is 2. The first kappa shape index (κ1) is 16.1. The molecular weight excluding hydrogens is 316 g/mol. The molecule has 130 valence electrons. The third-order valence-corrected chi connectivity index (χ3v) is 5.84. The average Bonchev–Trinajstić information content (AvgIpc) is 2.92. The number of carbonyl (C=O) groups is 3. The molecule has 2 bridgehead atoms. The van der Waals surface area contributed by atoms with E-state index in [4.69, 9.17) is 0 Å². The summed E-state index contributed by atoms with van der Waals surface area (Å²) in [6.45, 7) is 1.84. The minimum atomic E-state index is -0.745. The van der Waals surface area contributed by atoms with Crippen molar-refractivity contribution in [3.8, 4) is 0 Å². The summed E-state index contributed by atoms with van der Waals surface area (Å²) in [6, 6.07) is 8.38. The van der Waals surface area contributed by atoms with Gasteiger partial charge in [0.05, 0.1) is 11.8 Å². The van der Waals surface area contributed by atoms with Crippen molar-refractivity contribution < 1.29 is 14.4 Å². The summed E-state index contributed by atoms with van der Waals surface area (Å²) >= 11 is 0. The van der Waals surface area contributed by atoms with E-state index in [9.17, 15) is 14.4 Å². The van der Waals surface area contributed by atoms with E-state index in [1.54, 1.807) is 12.1 Å². The summed E-state index contributed by atoms with van der Waals surface area (Å²) in [6.07, 6.45) is 6.52. The molecule has 3 aliphatic carbocycles. The molecule has 5 rings (SSSR count). The molecule has 1 saturated carbocycles. The Morgan fingerprint density at radius 3 is 2.12 bits per heavy atom. The van der Waals surface area contributed by atoms with Gasteiger partial charge in [0.2, 0.25) is 17.7 Å². The lowest BCUT2D eigenvalue weighted by Crippen LogP contribution is -2.47. The Bertz CT molecular complexity index is 711. The molecule has 1 aromatic rings. The number of hydrogen-bond acceptors (Lipinski definition) is 3. The van der Waals surface area contributed by atoms with E-state index < -0.39 is 6.04 Å². The average molecular weight is 338 g/mol. The predicted molar refractivity (Wildman–Crippen MR) is 93.3 cm³/mol. The van der Waals surface area contributed by atoms with Gasteiger partial charge in [-0.25, -0.2) is 0 Å². The van der Waals surface area contributed by atoms with Crippen LogP contribution in [0, 0.1) is 23.7 Å². The van der Waals surface area contributed by atoms with Crippen molar-refractivity contribution in [1.29, 1.82) is 0 Å². The Hall–Kier alpha value is -2.43. The number of anilines is 1. The van der Waals surface area contributed by atoms with Crippen LogP contribution in [0.2, 0.25) is 0 Å². The molecule has 1 aromatic carbocycles. The number of para-hydroxylation sites is 1. The lowest BCUT2D eigenvalue weighted by molar-refractivity contribution is -0.146. The Kier molecular flexibility index (Phi) is 3.94. The summed E-state index contributed by atoms with van der Waals surface area (Å²) < 4.78 is 0. The van der Waals surface area contributed by atoms with Crippen LogP contribution in [0.25, 0.3) is 0 Å². The van der Waals surface area contributed by atoms with Crippen molar-refractivity contribution in [2.45, 2.75) is 32.2 Å². The molecule has 0 spiro atoms. The fourth-order valence-corrected chi connectivity index (χ4v) is 4.64. The van der Waals surface area contributed by atoms with Crippen LogP contribution in [0.5, 0.6) is 0 Å². The highest BCUT2D eigenvalue weighted by molar-refractivity contribution is 6.10. The first-order valence-electron chi connectivity index (χ1n) is 9.03. The van der Waals surface area contributed by atoms with Crippen molar-refractivity contribution in [3.63, 3.8) is 0 Å². The van der Waals surface area contributed by atoms with Crippen LogP contribution >= 0.6 is 0 Å². The van der Waals surface area contributed by atoms with E-state index in [0.717, 1.165) is 12.8 Å². The highest BCUT2D eigenvalue weighted by Crippen LogP contribution is 2.50. The summed E-state index contributed by atoms with van der Waals surface area (Å²) in [7, 11) is 0. The topological polar surface area (TPSA) is 66.5 Å². The number of imide groups is 1. The number of nitrogens with one attached hydrogen (secondary N) is 1. The third-order valence-electron chi connectivity index (χ3n) is 5.84. The molecule has 25 heavy (non-hydrogen) atoms. The SMILES string of the molecule is CC[C@H](C(=O)Nc1ccccc1)N1C(=O)[C@H]2[C@H](C1=O)[C@H]1C=C[C@H]2CC1. The van der Waals surface area contributed by atoms with E-state index in [1.165, 1.54) is 4.90 Å². The highest BCUT2D eigenvalue weighted by atomic mass is 16.2. The number of nitrogens with zero attached hydrogens (tertiary/aromatic N) is 1. The van der Waals surface area contributed by atoms with Crippen LogP contribution in [-0.2, 0) is 14.4 Å². The fraction of sp³-hybridized carbons (Fsp3) is 0.450. The monoisotopic (exact) mass is 338 g/mol. The molecular formula is C20H22N2O3.